The molecule has 0 aliphatic heterocycles. The van der Waals surface area contributed by atoms with Gasteiger partial charge in [-0.3, -0.25) is 0 Å². The molecule has 0 aliphatic rings. The van der Waals surface area contributed by atoms with Crippen LogP contribution < -0.4 is 0 Å². The van der Waals surface area contributed by atoms with Gasteiger partial charge in [0.2, 0.25) is 9.05 Å². The third kappa shape index (κ3) is 15.1. The molecule has 0 aromatic heterocycles. The zero-order chi connectivity index (χ0) is 11.5. The predicted molar refractivity (Wildman–Crippen MR) is 41.5 cm³/mol. The number of rotatable bonds is 0. The number of hydrogen-bond acceptors (Lipinski definition) is 4. The Hall–Kier alpha value is 0.270. The number of hydrogen-bond donors (Lipinski definition) is 0. The minimum atomic E-state index is -5.37. The molecule has 0 aliphatic carbocycles. The summed E-state index contributed by atoms with van der Waals surface area (Å²) in [7, 11) is -0.204. The molecule has 0 N–H and O–H groups in total. The average Bonchev–Trinajstić information content (AvgIpc) is 1.50. The zero-order valence-corrected chi connectivity index (χ0v) is 8.98. The average molecular weight is 283 g/mol. The topological polar surface area (TPSA) is 68.3 Å². The van der Waals surface area contributed by atoms with Crippen LogP contribution in [0.1, 0.15) is 0 Å². The van der Waals surface area contributed by atoms with E-state index < -0.39 is 23.6 Å². The van der Waals surface area contributed by atoms with Crippen LogP contribution in [0.4, 0.5) is 13.2 Å². The van der Waals surface area contributed by atoms with Crippen molar-refractivity contribution in [2.24, 2.45) is 0 Å². The first kappa shape index (κ1) is 15.7. The van der Waals surface area contributed by atoms with Gasteiger partial charge in [0.15, 0.2) is 0 Å². The van der Waals surface area contributed by atoms with Crippen molar-refractivity contribution in [3.63, 3.8) is 0 Å². The van der Waals surface area contributed by atoms with E-state index in [1.54, 1.807) is 0 Å². The minimum Gasteiger partial charge on any atom is -0.213 e. The zero-order valence-electron chi connectivity index (χ0n) is 5.84. The van der Waals surface area contributed by atoms with E-state index in [2.05, 4.69) is 21.4 Å². The molecule has 82 valence electrons. The molecule has 0 aromatic carbocycles. The molecule has 0 saturated heterocycles. The van der Waals surface area contributed by atoms with Gasteiger partial charge in [-0.15, -0.1) is 0 Å². The second-order valence-corrected chi connectivity index (χ2v) is 7.17. The van der Waals surface area contributed by atoms with E-state index in [1.165, 1.54) is 0 Å². The van der Waals surface area contributed by atoms with Gasteiger partial charge in [-0.1, -0.05) is 0 Å². The van der Waals surface area contributed by atoms with Gasteiger partial charge in [-0.25, -0.2) is 16.8 Å². The largest absolute Gasteiger partial charge is 0.511 e. The van der Waals surface area contributed by atoms with Crippen LogP contribution in [0, 0.1) is 0 Å². The van der Waals surface area contributed by atoms with Crippen molar-refractivity contribution in [1.29, 1.82) is 0 Å². The van der Waals surface area contributed by atoms with Gasteiger partial charge in [0.25, 0.3) is 0 Å². The van der Waals surface area contributed by atoms with Crippen LogP contribution in [0.15, 0.2) is 0 Å². The van der Waals surface area contributed by atoms with Crippen molar-refractivity contribution < 1.29 is 30.0 Å². The first-order chi connectivity index (χ1) is 5.25. The Bertz CT molecular complexity index is 332. The molecule has 11 heteroatoms. The van der Waals surface area contributed by atoms with Crippen molar-refractivity contribution in [2.45, 2.75) is 5.51 Å². The molecule has 0 spiro atoms. The van der Waals surface area contributed by atoms with Crippen molar-refractivity contribution in [3.8, 4) is 0 Å². The number of halogens is 5. The number of alkyl halides is 3. The fraction of sp³-hybridized carbons (Fsp3) is 1.00. The lowest BCUT2D eigenvalue weighted by Gasteiger charge is -1.96. The maximum Gasteiger partial charge on any atom is 0.511 e. The van der Waals surface area contributed by atoms with Crippen molar-refractivity contribution in [2.75, 3.05) is 6.26 Å². The summed E-state index contributed by atoms with van der Waals surface area (Å²) in [4.78, 5) is 0. The molecule has 0 unspecified atom stereocenters. The van der Waals surface area contributed by atoms with Crippen LogP contribution in [0.25, 0.3) is 0 Å². The summed E-state index contributed by atoms with van der Waals surface area (Å²) in [6.45, 7) is 0. The van der Waals surface area contributed by atoms with Crippen LogP contribution in [0.2, 0.25) is 0 Å². The molecule has 0 aromatic rings. The fourth-order valence-electron chi connectivity index (χ4n) is 0. The highest BCUT2D eigenvalue weighted by molar-refractivity contribution is 8.14. The Labute approximate surface area is 81.5 Å². The van der Waals surface area contributed by atoms with E-state index >= 15 is 0 Å². The van der Waals surface area contributed by atoms with E-state index in [4.69, 9.17) is 0 Å². The fourth-order valence-corrected chi connectivity index (χ4v) is 0. The molecule has 0 heterocycles. The third-order valence-electron chi connectivity index (χ3n) is 0.276. The Morgan fingerprint density at radius 3 is 1.08 bits per heavy atom. The molecule has 13 heavy (non-hydrogen) atoms. The van der Waals surface area contributed by atoms with Crippen LogP contribution >= 0.6 is 21.4 Å². The van der Waals surface area contributed by atoms with E-state index in [1.807, 2.05) is 0 Å². The van der Waals surface area contributed by atoms with E-state index in [9.17, 15) is 30.0 Å². The highest BCUT2D eigenvalue weighted by Gasteiger charge is 2.44. The summed E-state index contributed by atoms with van der Waals surface area (Å²) >= 11 is 0. The lowest BCUT2D eigenvalue weighted by atomic mass is 11.6. The lowest BCUT2D eigenvalue weighted by molar-refractivity contribution is -0.0412. The SMILES string of the molecule is CS(=O)(=O)Cl.O=S(=O)(Cl)C(F)(F)F. The molecule has 0 rings (SSSR count). The predicted octanol–water partition coefficient (Wildman–Crippen LogP) is 1.26. The van der Waals surface area contributed by atoms with Gasteiger partial charge in [0, 0.05) is 21.4 Å². The molecule has 4 nitrogen and oxygen atoms in total. The Kier molecular flexibility index (Phi) is 5.65. The van der Waals surface area contributed by atoms with Gasteiger partial charge >= 0.3 is 14.6 Å². The normalized spacial score (nSPS) is 13.1. The highest BCUT2D eigenvalue weighted by atomic mass is 35.7. The standard InChI is InChI=1S/CClF3O2S.CH3ClO2S/c2-8(6,7)1(3,4)5;1-5(2,3)4/h;1H3. The van der Waals surface area contributed by atoms with Crippen molar-refractivity contribution in [3.05, 3.63) is 0 Å². The maximum atomic E-state index is 10.8. The highest BCUT2D eigenvalue weighted by Crippen LogP contribution is 2.25. The summed E-state index contributed by atoms with van der Waals surface area (Å²) in [5.41, 5.74) is -5.32. The molecular weight excluding hydrogens is 280 g/mol. The Morgan fingerprint density at radius 1 is 1.00 bits per heavy atom. The Morgan fingerprint density at radius 2 is 1.08 bits per heavy atom. The van der Waals surface area contributed by atoms with E-state index in [-0.39, 0.29) is 0 Å². The molecule has 0 bridgehead atoms. The van der Waals surface area contributed by atoms with Gasteiger partial charge in [0.05, 0.1) is 6.26 Å². The third-order valence-corrected chi connectivity index (χ3v) is 1.35. The van der Waals surface area contributed by atoms with E-state index in [0.717, 1.165) is 6.26 Å². The monoisotopic (exact) mass is 282 g/mol. The second-order valence-electron chi connectivity index (χ2n) is 1.57. The van der Waals surface area contributed by atoms with Gasteiger partial charge in [-0.05, 0) is 0 Å². The van der Waals surface area contributed by atoms with Crippen LogP contribution in [-0.2, 0) is 18.1 Å². The molecule has 0 fully saturated rings. The van der Waals surface area contributed by atoms with Gasteiger partial charge in [-0.2, -0.15) is 13.2 Å². The molecule has 0 radical (unpaired) electrons. The Balaban J connectivity index is 0. The first-order valence-corrected chi connectivity index (χ1v) is 7.18. The summed E-state index contributed by atoms with van der Waals surface area (Å²) in [6, 6.07) is 0. The molecular formula is C2H3Cl2F3O4S2. The summed E-state index contributed by atoms with van der Waals surface area (Å²) in [6.07, 6.45) is 0.925. The van der Waals surface area contributed by atoms with Crippen molar-refractivity contribution >= 4 is 39.5 Å². The van der Waals surface area contributed by atoms with Crippen LogP contribution in [0.5, 0.6) is 0 Å². The first-order valence-electron chi connectivity index (χ1n) is 2.15. The summed E-state index contributed by atoms with van der Waals surface area (Å²) < 4.78 is 69.9. The van der Waals surface area contributed by atoms with Crippen LogP contribution in [0.3, 0.4) is 0 Å². The second kappa shape index (κ2) is 4.67. The molecule has 0 amide bonds. The molecule has 0 atom stereocenters. The smallest absolute Gasteiger partial charge is 0.213 e. The summed E-state index contributed by atoms with van der Waals surface area (Å²) in [5, 5.41) is 0. The van der Waals surface area contributed by atoms with Gasteiger partial charge < -0.3 is 0 Å². The maximum absolute atomic E-state index is 10.8. The minimum absolute atomic E-state index is 0.925. The lowest BCUT2D eigenvalue weighted by Crippen LogP contribution is -2.16. The van der Waals surface area contributed by atoms with Crippen LogP contribution in [-0.4, -0.2) is 28.6 Å². The quantitative estimate of drug-likeness (QED) is 0.628. The van der Waals surface area contributed by atoms with Gasteiger partial charge in [0.1, 0.15) is 0 Å². The summed E-state index contributed by atoms with van der Waals surface area (Å²) in [5.74, 6) is 0. The van der Waals surface area contributed by atoms with Crippen molar-refractivity contribution in [1.82, 2.24) is 0 Å². The molecule has 0 saturated carbocycles. The van der Waals surface area contributed by atoms with E-state index in [0.29, 0.717) is 0 Å².